The van der Waals surface area contributed by atoms with Gasteiger partial charge in [0, 0.05) is 12.6 Å². The molecule has 0 spiro atoms. The van der Waals surface area contributed by atoms with Crippen LogP contribution in [0.4, 0.5) is 0 Å². The number of tetrazole rings is 1. The lowest BCUT2D eigenvalue weighted by molar-refractivity contribution is 0.668. The molecule has 28 heavy (non-hydrogen) atoms. The number of halogens is 2. The summed E-state index contributed by atoms with van der Waals surface area (Å²) in [4.78, 5) is 4.69. The minimum Gasteiger partial charge on any atom is -0.317 e. The Balaban J connectivity index is 1.74. The molecule has 0 radical (unpaired) electrons. The number of rotatable bonds is 7. The molecule has 0 aliphatic heterocycles. The first kappa shape index (κ1) is 19.1. The third-order valence-electron chi connectivity index (χ3n) is 4.62. The van der Waals surface area contributed by atoms with Gasteiger partial charge in [0.1, 0.15) is 15.0 Å². The normalized spacial score (nSPS) is 11.2. The van der Waals surface area contributed by atoms with Gasteiger partial charge >= 0.3 is 0 Å². The Morgan fingerprint density at radius 3 is 2.75 bits per heavy atom. The third-order valence-corrected chi connectivity index (χ3v) is 6.50. The minimum atomic E-state index is 0.634. The van der Waals surface area contributed by atoms with Crippen molar-refractivity contribution >= 4 is 31.9 Å². The number of aromatic nitrogens is 7. The van der Waals surface area contributed by atoms with Gasteiger partial charge in [-0.2, -0.15) is 0 Å². The van der Waals surface area contributed by atoms with Gasteiger partial charge in [-0.05, 0) is 72.5 Å². The second-order valence-electron chi connectivity index (χ2n) is 6.44. The van der Waals surface area contributed by atoms with E-state index in [2.05, 4.69) is 91.7 Å². The number of para-hydroxylation sites is 1. The molecule has 0 unspecified atom stereocenters. The van der Waals surface area contributed by atoms with Crippen molar-refractivity contribution < 1.29 is 0 Å². The van der Waals surface area contributed by atoms with Gasteiger partial charge in [0.15, 0.2) is 5.82 Å². The van der Waals surface area contributed by atoms with E-state index in [4.69, 9.17) is 0 Å². The van der Waals surface area contributed by atoms with Gasteiger partial charge in [0.25, 0.3) is 0 Å². The first-order chi connectivity index (χ1) is 13.7. The van der Waals surface area contributed by atoms with E-state index in [-0.39, 0.29) is 0 Å². The van der Waals surface area contributed by atoms with E-state index in [9.17, 15) is 0 Å². The van der Waals surface area contributed by atoms with E-state index in [0.29, 0.717) is 12.4 Å². The van der Waals surface area contributed by atoms with E-state index in [1.807, 2.05) is 24.4 Å². The molecule has 0 saturated heterocycles. The number of hydrogen-bond donors (Lipinski definition) is 1. The molecular weight excluding hydrogens is 486 g/mol. The Labute approximate surface area is 179 Å². The Morgan fingerprint density at radius 2 is 1.96 bits per heavy atom. The minimum absolute atomic E-state index is 0.634. The summed E-state index contributed by atoms with van der Waals surface area (Å²) in [6.07, 6.45) is 5.21. The monoisotopic (exact) mass is 503 g/mol. The number of aromatic amines is 1. The summed E-state index contributed by atoms with van der Waals surface area (Å²) in [5, 5.41) is 14.3. The number of benzene rings is 1. The smallest absolute Gasteiger partial charge is 0.196 e. The quantitative estimate of drug-likeness (QED) is 0.393. The zero-order chi connectivity index (χ0) is 19.5. The molecule has 9 heteroatoms. The van der Waals surface area contributed by atoms with Crippen LogP contribution in [0.5, 0.6) is 0 Å². The molecule has 0 amide bonds. The Morgan fingerprint density at radius 1 is 1.11 bits per heavy atom. The average Bonchev–Trinajstić information content (AvgIpc) is 3.44. The highest BCUT2D eigenvalue weighted by atomic mass is 79.9. The SMILES string of the molecule is CCCCc1nc(Br)c(Br)n1Cc1ccccc1-n1cccc1-c1nnn[nH]1. The van der Waals surface area contributed by atoms with Gasteiger partial charge in [-0.15, -0.1) is 5.10 Å². The van der Waals surface area contributed by atoms with Crippen molar-refractivity contribution in [3.63, 3.8) is 0 Å². The number of nitrogens with one attached hydrogen (secondary N) is 1. The van der Waals surface area contributed by atoms with Crippen LogP contribution in [0.3, 0.4) is 0 Å². The van der Waals surface area contributed by atoms with Crippen molar-refractivity contribution in [2.75, 3.05) is 0 Å². The topological polar surface area (TPSA) is 77.2 Å². The second-order valence-corrected chi connectivity index (χ2v) is 7.94. The highest BCUT2D eigenvalue weighted by Gasteiger charge is 2.17. The zero-order valence-electron chi connectivity index (χ0n) is 15.3. The molecule has 0 aliphatic carbocycles. The molecule has 144 valence electrons. The number of H-pyrrole nitrogens is 1. The summed E-state index contributed by atoms with van der Waals surface area (Å²) in [6.45, 7) is 2.90. The highest BCUT2D eigenvalue weighted by Crippen LogP contribution is 2.28. The molecule has 0 saturated carbocycles. The third kappa shape index (κ3) is 3.68. The summed E-state index contributed by atoms with van der Waals surface area (Å²) < 4.78 is 6.12. The fourth-order valence-corrected chi connectivity index (χ4v) is 4.07. The first-order valence-corrected chi connectivity index (χ1v) is 10.7. The van der Waals surface area contributed by atoms with Crippen LogP contribution in [0, 0.1) is 0 Å². The zero-order valence-corrected chi connectivity index (χ0v) is 18.5. The number of aryl methyl sites for hydroxylation is 1. The standard InChI is InChI=1S/C19H19Br2N7/c1-2-3-10-16-22-17(20)18(21)28(16)12-13-7-4-5-8-14(13)27-11-6-9-15(27)19-23-25-26-24-19/h4-9,11H,2-3,10,12H2,1H3,(H,23,24,25,26). The summed E-state index contributed by atoms with van der Waals surface area (Å²) >= 11 is 7.24. The molecule has 0 aliphatic rings. The van der Waals surface area contributed by atoms with Crippen LogP contribution in [0.1, 0.15) is 31.2 Å². The molecule has 3 aromatic heterocycles. The van der Waals surface area contributed by atoms with Crippen molar-refractivity contribution in [2.24, 2.45) is 0 Å². The van der Waals surface area contributed by atoms with E-state index in [0.717, 1.165) is 45.7 Å². The van der Waals surface area contributed by atoms with Crippen LogP contribution in [-0.4, -0.2) is 34.7 Å². The molecule has 0 atom stereocenters. The molecule has 4 aromatic rings. The fourth-order valence-electron chi connectivity index (χ4n) is 3.23. The maximum absolute atomic E-state index is 4.69. The van der Waals surface area contributed by atoms with Crippen molar-refractivity contribution in [3.8, 4) is 17.2 Å². The first-order valence-electron chi connectivity index (χ1n) is 9.09. The van der Waals surface area contributed by atoms with E-state index >= 15 is 0 Å². The number of hydrogen-bond acceptors (Lipinski definition) is 4. The fraction of sp³-hybridized carbons (Fsp3) is 0.263. The maximum Gasteiger partial charge on any atom is 0.196 e. The van der Waals surface area contributed by atoms with E-state index in [1.165, 1.54) is 5.56 Å². The Bertz CT molecular complexity index is 1070. The van der Waals surface area contributed by atoms with Gasteiger partial charge in [-0.3, -0.25) is 0 Å². The summed E-state index contributed by atoms with van der Waals surface area (Å²) in [6, 6.07) is 12.3. The molecule has 3 heterocycles. The van der Waals surface area contributed by atoms with E-state index in [1.54, 1.807) is 0 Å². The van der Waals surface area contributed by atoms with Crippen LogP contribution in [0.2, 0.25) is 0 Å². The second kappa shape index (κ2) is 8.40. The van der Waals surface area contributed by atoms with E-state index < -0.39 is 0 Å². The van der Waals surface area contributed by atoms with Crippen LogP contribution in [0.15, 0.2) is 51.8 Å². The summed E-state index contributed by atoms with van der Waals surface area (Å²) in [5.74, 6) is 1.71. The lowest BCUT2D eigenvalue weighted by Gasteiger charge is -2.15. The van der Waals surface area contributed by atoms with Gasteiger partial charge < -0.3 is 9.13 Å². The Hall–Kier alpha value is -2.26. The van der Waals surface area contributed by atoms with Crippen LogP contribution in [-0.2, 0) is 13.0 Å². The molecule has 1 aromatic carbocycles. The molecule has 4 rings (SSSR count). The van der Waals surface area contributed by atoms with Gasteiger partial charge in [-0.25, -0.2) is 10.1 Å². The van der Waals surface area contributed by atoms with Gasteiger partial charge in [-0.1, -0.05) is 31.5 Å². The molecule has 1 N–H and O–H groups in total. The molecular formula is C19H19Br2N7. The summed E-state index contributed by atoms with van der Waals surface area (Å²) in [7, 11) is 0. The lowest BCUT2D eigenvalue weighted by atomic mass is 10.1. The summed E-state index contributed by atoms with van der Waals surface area (Å²) in [5.41, 5.74) is 3.17. The predicted octanol–water partition coefficient (Wildman–Crippen LogP) is 4.77. The van der Waals surface area contributed by atoms with Crippen LogP contribution in [0.25, 0.3) is 17.2 Å². The van der Waals surface area contributed by atoms with Crippen LogP contribution < -0.4 is 0 Å². The van der Waals surface area contributed by atoms with Crippen LogP contribution >= 0.6 is 31.9 Å². The lowest BCUT2D eigenvalue weighted by Crippen LogP contribution is -2.09. The van der Waals surface area contributed by atoms with Crippen molar-refractivity contribution in [1.82, 2.24) is 34.7 Å². The Kier molecular flexibility index (Phi) is 5.72. The predicted molar refractivity (Wildman–Crippen MR) is 114 cm³/mol. The number of imidazole rings is 1. The van der Waals surface area contributed by atoms with Crippen molar-refractivity contribution in [3.05, 3.63) is 63.2 Å². The average molecular weight is 505 g/mol. The van der Waals surface area contributed by atoms with Crippen molar-refractivity contribution in [2.45, 2.75) is 32.7 Å². The van der Waals surface area contributed by atoms with Gasteiger partial charge in [0.05, 0.1) is 17.9 Å². The highest BCUT2D eigenvalue weighted by molar-refractivity contribution is 9.13. The number of nitrogens with zero attached hydrogens (tertiary/aromatic N) is 6. The molecule has 0 bridgehead atoms. The molecule has 7 nitrogen and oxygen atoms in total. The number of unbranched alkanes of at least 4 members (excludes halogenated alkanes) is 1. The van der Waals surface area contributed by atoms with Gasteiger partial charge in [0.2, 0.25) is 0 Å². The van der Waals surface area contributed by atoms with Crippen molar-refractivity contribution in [1.29, 1.82) is 0 Å². The maximum atomic E-state index is 4.69. The molecule has 0 fully saturated rings. The largest absolute Gasteiger partial charge is 0.317 e.